The van der Waals surface area contributed by atoms with Crippen LogP contribution in [0.1, 0.15) is 51.2 Å². The van der Waals surface area contributed by atoms with Crippen LogP contribution in [0.25, 0.3) is 0 Å². The van der Waals surface area contributed by atoms with Crippen molar-refractivity contribution in [3.05, 3.63) is 35.4 Å². The van der Waals surface area contributed by atoms with Crippen LogP contribution in [0, 0.1) is 5.92 Å². The maximum absolute atomic E-state index is 3.50. The summed E-state index contributed by atoms with van der Waals surface area (Å²) in [5.41, 5.74) is 2.84. The van der Waals surface area contributed by atoms with Gasteiger partial charge in [-0.05, 0) is 49.9 Å². The van der Waals surface area contributed by atoms with Crippen molar-refractivity contribution < 1.29 is 0 Å². The summed E-state index contributed by atoms with van der Waals surface area (Å²) in [5, 5.41) is 3.50. The zero-order valence-corrected chi connectivity index (χ0v) is 13.4. The minimum Gasteiger partial charge on any atom is -0.312 e. The molecule has 2 heteroatoms. The molecular formula is C18H30N2. The van der Waals surface area contributed by atoms with Gasteiger partial charge in [-0.1, -0.05) is 44.5 Å². The maximum atomic E-state index is 3.50. The SMILES string of the molecule is CC(C)CNCc1ccc(CN2CCCCC2C)cc1. The third kappa shape index (κ3) is 4.92. The van der Waals surface area contributed by atoms with Gasteiger partial charge in [-0.3, -0.25) is 4.90 Å². The Morgan fingerprint density at radius 2 is 1.85 bits per heavy atom. The quantitative estimate of drug-likeness (QED) is 0.848. The number of nitrogens with zero attached hydrogens (tertiary/aromatic N) is 1. The van der Waals surface area contributed by atoms with Gasteiger partial charge in [-0.2, -0.15) is 0 Å². The van der Waals surface area contributed by atoms with E-state index in [2.05, 4.69) is 55.3 Å². The Balaban J connectivity index is 1.81. The third-order valence-corrected chi connectivity index (χ3v) is 4.23. The van der Waals surface area contributed by atoms with Gasteiger partial charge in [0.05, 0.1) is 0 Å². The molecule has 0 aromatic heterocycles. The Bertz CT molecular complexity index is 383. The Morgan fingerprint density at radius 3 is 2.50 bits per heavy atom. The average molecular weight is 274 g/mol. The van der Waals surface area contributed by atoms with E-state index in [1.165, 1.54) is 36.9 Å². The molecule has 1 N–H and O–H groups in total. The second-order valence-electron chi connectivity index (χ2n) is 6.66. The van der Waals surface area contributed by atoms with E-state index in [9.17, 15) is 0 Å². The summed E-state index contributed by atoms with van der Waals surface area (Å²) in [7, 11) is 0. The Hall–Kier alpha value is -0.860. The zero-order valence-electron chi connectivity index (χ0n) is 13.4. The molecule has 0 saturated carbocycles. The van der Waals surface area contributed by atoms with Crippen molar-refractivity contribution in [2.45, 2.75) is 59.2 Å². The van der Waals surface area contributed by atoms with Crippen LogP contribution in [0.5, 0.6) is 0 Å². The van der Waals surface area contributed by atoms with E-state index in [0.29, 0.717) is 0 Å². The molecule has 1 heterocycles. The van der Waals surface area contributed by atoms with Crippen LogP contribution < -0.4 is 5.32 Å². The summed E-state index contributed by atoms with van der Waals surface area (Å²) < 4.78 is 0. The molecule has 20 heavy (non-hydrogen) atoms. The number of benzene rings is 1. The van der Waals surface area contributed by atoms with Crippen LogP contribution in [-0.2, 0) is 13.1 Å². The highest BCUT2D eigenvalue weighted by atomic mass is 15.2. The molecule has 1 aromatic carbocycles. The lowest BCUT2D eigenvalue weighted by molar-refractivity contribution is 0.152. The van der Waals surface area contributed by atoms with Crippen LogP contribution in [0.2, 0.25) is 0 Å². The summed E-state index contributed by atoms with van der Waals surface area (Å²) in [5.74, 6) is 0.717. The Labute approximate surface area is 124 Å². The fourth-order valence-corrected chi connectivity index (χ4v) is 2.89. The molecule has 0 spiro atoms. The number of piperidine rings is 1. The summed E-state index contributed by atoms with van der Waals surface area (Å²) >= 11 is 0. The molecule has 1 aliphatic rings. The number of rotatable bonds is 6. The molecule has 0 bridgehead atoms. The van der Waals surface area contributed by atoms with E-state index in [1.54, 1.807) is 0 Å². The highest BCUT2D eigenvalue weighted by molar-refractivity contribution is 5.22. The topological polar surface area (TPSA) is 15.3 Å². The predicted octanol–water partition coefficient (Wildman–Crippen LogP) is 3.81. The fourth-order valence-electron chi connectivity index (χ4n) is 2.89. The van der Waals surface area contributed by atoms with Crippen molar-refractivity contribution in [2.24, 2.45) is 5.92 Å². The minimum absolute atomic E-state index is 0.717. The van der Waals surface area contributed by atoms with E-state index < -0.39 is 0 Å². The van der Waals surface area contributed by atoms with E-state index in [0.717, 1.165) is 31.6 Å². The molecule has 1 aliphatic heterocycles. The van der Waals surface area contributed by atoms with Gasteiger partial charge in [-0.15, -0.1) is 0 Å². The first kappa shape index (κ1) is 15.5. The van der Waals surface area contributed by atoms with Crippen molar-refractivity contribution in [1.29, 1.82) is 0 Å². The van der Waals surface area contributed by atoms with Crippen molar-refractivity contribution in [2.75, 3.05) is 13.1 Å². The van der Waals surface area contributed by atoms with Crippen molar-refractivity contribution >= 4 is 0 Å². The summed E-state index contributed by atoms with van der Waals surface area (Å²) in [6, 6.07) is 9.90. The predicted molar refractivity (Wildman–Crippen MR) is 86.7 cm³/mol. The van der Waals surface area contributed by atoms with Crippen LogP contribution in [0.3, 0.4) is 0 Å². The first-order valence-electron chi connectivity index (χ1n) is 8.17. The summed E-state index contributed by atoms with van der Waals surface area (Å²) in [6.07, 6.45) is 4.12. The summed E-state index contributed by atoms with van der Waals surface area (Å²) in [6.45, 7) is 11.3. The van der Waals surface area contributed by atoms with Gasteiger partial charge in [0.25, 0.3) is 0 Å². The van der Waals surface area contributed by atoms with Crippen molar-refractivity contribution in [3.63, 3.8) is 0 Å². The molecule has 0 radical (unpaired) electrons. The van der Waals surface area contributed by atoms with E-state index >= 15 is 0 Å². The first-order chi connectivity index (χ1) is 9.65. The third-order valence-electron chi connectivity index (χ3n) is 4.23. The summed E-state index contributed by atoms with van der Waals surface area (Å²) in [4.78, 5) is 2.62. The lowest BCUT2D eigenvalue weighted by atomic mass is 10.0. The lowest BCUT2D eigenvalue weighted by Gasteiger charge is -2.33. The van der Waals surface area contributed by atoms with E-state index in [4.69, 9.17) is 0 Å². The van der Waals surface area contributed by atoms with Crippen molar-refractivity contribution in [3.8, 4) is 0 Å². The van der Waals surface area contributed by atoms with Gasteiger partial charge < -0.3 is 5.32 Å². The Morgan fingerprint density at radius 1 is 1.15 bits per heavy atom. The molecule has 1 aromatic rings. The van der Waals surface area contributed by atoms with E-state index in [1.807, 2.05) is 0 Å². The van der Waals surface area contributed by atoms with E-state index in [-0.39, 0.29) is 0 Å². The Kier molecular flexibility index (Phi) is 6.06. The number of likely N-dealkylation sites (tertiary alicyclic amines) is 1. The zero-order chi connectivity index (χ0) is 14.4. The lowest BCUT2D eigenvalue weighted by Crippen LogP contribution is -2.36. The van der Waals surface area contributed by atoms with Gasteiger partial charge in [0.2, 0.25) is 0 Å². The fraction of sp³-hybridized carbons (Fsp3) is 0.667. The van der Waals surface area contributed by atoms with Crippen LogP contribution >= 0.6 is 0 Å². The van der Waals surface area contributed by atoms with Crippen LogP contribution in [-0.4, -0.2) is 24.0 Å². The molecule has 112 valence electrons. The van der Waals surface area contributed by atoms with Crippen molar-refractivity contribution in [1.82, 2.24) is 10.2 Å². The molecule has 1 atom stereocenters. The molecule has 1 saturated heterocycles. The van der Waals surface area contributed by atoms with Gasteiger partial charge in [-0.25, -0.2) is 0 Å². The average Bonchev–Trinajstić information content (AvgIpc) is 2.43. The smallest absolute Gasteiger partial charge is 0.0236 e. The number of hydrogen-bond donors (Lipinski definition) is 1. The highest BCUT2D eigenvalue weighted by Gasteiger charge is 2.17. The minimum atomic E-state index is 0.717. The van der Waals surface area contributed by atoms with Gasteiger partial charge >= 0.3 is 0 Å². The second-order valence-corrected chi connectivity index (χ2v) is 6.66. The second kappa shape index (κ2) is 7.80. The standard InChI is InChI=1S/C18H30N2/c1-15(2)12-19-13-17-7-9-18(10-8-17)14-20-11-5-4-6-16(20)3/h7-10,15-16,19H,4-6,11-14H2,1-3H3. The first-order valence-corrected chi connectivity index (χ1v) is 8.17. The van der Waals surface area contributed by atoms with Crippen LogP contribution in [0.4, 0.5) is 0 Å². The molecule has 2 rings (SSSR count). The number of hydrogen-bond acceptors (Lipinski definition) is 2. The molecule has 1 fully saturated rings. The normalized spacial score (nSPS) is 20.5. The molecule has 2 nitrogen and oxygen atoms in total. The van der Waals surface area contributed by atoms with Gasteiger partial charge in [0.1, 0.15) is 0 Å². The monoisotopic (exact) mass is 274 g/mol. The molecular weight excluding hydrogens is 244 g/mol. The maximum Gasteiger partial charge on any atom is 0.0236 e. The largest absolute Gasteiger partial charge is 0.312 e. The molecule has 1 unspecified atom stereocenters. The van der Waals surface area contributed by atoms with Crippen LogP contribution in [0.15, 0.2) is 24.3 Å². The van der Waals surface area contributed by atoms with Gasteiger partial charge in [0, 0.05) is 19.1 Å². The molecule has 0 aliphatic carbocycles. The number of nitrogens with one attached hydrogen (secondary N) is 1. The highest BCUT2D eigenvalue weighted by Crippen LogP contribution is 2.19. The van der Waals surface area contributed by atoms with Gasteiger partial charge in [0.15, 0.2) is 0 Å². The molecule has 0 amide bonds.